The zero-order valence-electron chi connectivity index (χ0n) is 22.9. The highest BCUT2D eigenvalue weighted by Crippen LogP contribution is 2.51. The Morgan fingerprint density at radius 2 is 1.65 bits per heavy atom. The van der Waals surface area contributed by atoms with Crippen LogP contribution in [0.15, 0.2) is 36.4 Å². The van der Waals surface area contributed by atoms with Gasteiger partial charge < -0.3 is 20.8 Å². The van der Waals surface area contributed by atoms with Gasteiger partial charge >= 0.3 is 0 Å². The lowest BCUT2D eigenvalue weighted by Gasteiger charge is -2.52. The average molecular weight is 548 g/mol. The Hall–Kier alpha value is -3.73. The van der Waals surface area contributed by atoms with Gasteiger partial charge in [-0.25, -0.2) is 0 Å². The van der Waals surface area contributed by atoms with Crippen LogP contribution in [-0.4, -0.2) is 88.9 Å². The first-order valence-electron chi connectivity index (χ1n) is 13.2. The molecule has 0 aromatic heterocycles. The van der Waals surface area contributed by atoms with E-state index in [2.05, 4.69) is 0 Å². The number of likely N-dealkylation sites (N-methyl/N-ethyl adjacent to an activating group) is 1. The second-order valence-electron chi connectivity index (χ2n) is 11.7. The van der Waals surface area contributed by atoms with Gasteiger partial charge in [-0.3, -0.25) is 28.9 Å². The molecule has 0 radical (unpaired) electrons. The molecule has 6 atom stereocenters. The molecule has 0 heterocycles. The predicted molar refractivity (Wildman–Crippen MR) is 144 cm³/mol. The molecule has 0 saturated heterocycles. The number of carbonyl (C=O) groups is 5. The zero-order chi connectivity index (χ0) is 29.3. The highest BCUT2D eigenvalue weighted by atomic mass is 16.3. The maximum absolute atomic E-state index is 13.9. The number of nitrogens with zero attached hydrogens (tertiary/aromatic N) is 2. The summed E-state index contributed by atoms with van der Waals surface area (Å²) in [6.07, 6.45) is 0.232. The number of fused-ring (bicyclic) bond motifs is 3. The van der Waals surface area contributed by atoms with Crippen LogP contribution in [0.3, 0.4) is 0 Å². The summed E-state index contributed by atoms with van der Waals surface area (Å²) >= 11 is 0. The zero-order valence-corrected chi connectivity index (χ0v) is 22.9. The summed E-state index contributed by atoms with van der Waals surface area (Å²) in [7, 11) is 7.07. The van der Waals surface area contributed by atoms with E-state index in [1.807, 2.05) is 43.3 Å². The number of benzene rings is 2. The number of primary amides is 1. The second kappa shape index (κ2) is 9.72. The molecule has 1 amide bonds. The molecule has 2 fully saturated rings. The molecule has 40 heavy (non-hydrogen) atoms. The van der Waals surface area contributed by atoms with Gasteiger partial charge in [-0.05, 0) is 75.3 Å². The van der Waals surface area contributed by atoms with Gasteiger partial charge in [0.05, 0.1) is 17.5 Å². The van der Waals surface area contributed by atoms with Gasteiger partial charge in [-0.15, -0.1) is 0 Å². The van der Waals surface area contributed by atoms with Crippen LogP contribution in [-0.2, 0) is 32.1 Å². The first-order valence-corrected chi connectivity index (χ1v) is 13.2. The number of carbonyl (C=O) groups excluding carboxylic acids is 5. The van der Waals surface area contributed by atoms with Gasteiger partial charge in [0.2, 0.25) is 5.91 Å². The minimum atomic E-state index is -2.73. The molecule has 3 aliphatic rings. The fraction of sp³-hybridized carbons (Fsp3) is 0.433. The maximum atomic E-state index is 13.9. The van der Waals surface area contributed by atoms with Gasteiger partial charge in [0.1, 0.15) is 5.75 Å². The number of Topliss-reactive ketones (excluding diaryl/α,β-unsaturated/α-hetero) is 4. The van der Waals surface area contributed by atoms with Crippen molar-refractivity contribution in [2.24, 2.45) is 29.4 Å². The molecular weight excluding hydrogens is 514 g/mol. The molecule has 2 aromatic carbocycles. The van der Waals surface area contributed by atoms with Gasteiger partial charge in [0.15, 0.2) is 34.7 Å². The van der Waals surface area contributed by atoms with Crippen molar-refractivity contribution in [3.05, 3.63) is 53.1 Å². The van der Waals surface area contributed by atoms with Crippen LogP contribution in [0.5, 0.6) is 5.75 Å². The summed E-state index contributed by atoms with van der Waals surface area (Å²) in [5, 5.41) is 22.4. The van der Waals surface area contributed by atoms with Gasteiger partial charge in [0, 0.05) is 12.5 Å². The molecular formula is C30H33N3O7. The van der Waals surface area contributed by atoms with Crippen LogP contribution in [0.1, 0.15) is 27.9 Å². The van der Waals surface area contributed by atoms with E-state index in [0.717, 1.165) is 23.2 Å². The summed E-state index contributed by atoms with van der Waals surface area (Å²) < 4.78 is 0. The Kier molecular flexibility index (Phi) is 6.76. The number of phenols is 1. The minimum absolute atomic E-state index is 0.0125. The second-order valence-corrected chi connectivity index (χ2v) is 11.7. The van der Waals surface area contributed by atoms with Crippen molar-refractivity contribution in [3.8, 4) is 16.9 Å². The first-order chi connectivity index (χ1) is 18.8. The van der Waals surface area contributed by atoms with Gasteiger partial charge in [0.25, 0.3) is 0 Å². The number of rotatable bonds is 5. The van der Waals surface area contributed by atoms with Crippen LogP contribution in [0, 0.1) is 23.7 Å². The Labute approximate surface area is 231 Å². The van der Waals surface area contributed by atoms with E-state index in [0.29, 0.717) is 5.56 Å². The number of nitrogens with two attached hydrogens (primary N) is 1. The van der Waals surface area contributed by atoms with Gasteiger partial charge in [-0.2, -0.15) is 0 Å². The molecule has 4 N–H and O–H groups in total. The highest BCUT2D eigenvalue weighted by molar-refractivity contribution is 6.32. The molecule has 0 spiro atoms. The lowest BCUT2D eigenvalue weighted by atomic mass is 9.52. The average Bonchev–Trinajstić information content (AvgIpc) is 2.86. The molecule has 5 rings (SSSR count). The van der Waals surface area contributed by atoms with Crippen LogP contribution in [0.4, 0.5) is 0 Å². The van der Waals surface area contributed by atoms with E-state index in [4.69, 9.17) is 5.73 Å². The van der Waals surface area contributed by atoms with Crippen molar-refractivity contribution in [2.45, 2.75) is 31.0 Å². The minimum Gasteiger partial charge on any atom is -0.507 e. The highest BCUT2D eigenvalue weighted by Gasteiger charge is 2.69. The van der Waals surface area contributed by atoms with Crippen molar-refractivity contribution >= 4 is 29.0 Å². The standard InChI is InChI=1S/C30H33N3O7/c1-32(2)13-14-5-7-15(8-6-14)17-9-10-20(34)22-18(17)11-16-12-19-24(33(3)4)26(36)23(29(31)39)28(38)30(19,40)27(37)21(16)25(22)35/h5-10,16,19,21,23-24,34,40H,11-13H2,1-4H3,(H2,31,39)/t16-,19-,21?,23?,24-,30-/m0/s1. The molecule has 10 nitrogen and oxygen atoms in total. The van der Waals surface area contributed by atoms with Crippen LogP contribution < -0.4 is 5.73 Å². The molecule has 2 unspecified atom stereocenters. The van der Waals surface area contributed by atoms with E-state index in [1.54, 1.807) is 20.2 Å². The fourth-order valence-corrected chi connectivity index (χ4v) is 7.03. The van der Waals surface area contributed by atoms with Crippen LogP contribution in [0.25, 0.3) is 11.1 Å². The smallest absolute Gasteiger partial charge is 0.235 e. The summed E-state index contributed by atoms with van der Waals surface area (Å²) in [6, 6.07) is 9.87. The Bertz CT molecular complexity index is 1450. The van der Waals surface area contributed by atoms with E-state index in [-0.39, 0.29) is 24.2 Å². The summed E-state index contributed by atoms with van der Waals surface area (Å²) in [6.45, 7) is 0.754. The Morgan fingerprint density at radius 3 is 2.23 bits per heavy atom. The number of hydrogen-bond acceptors (Lipinski definition) is 9. The third kappa shape index (κ3) is 4.01. The number of ketones is 4. The molecule has 3 aliphatic carbocycles. The van der Waals surface area contributed by atoms with Gasteiger partial charge in [-0.1, -0.05) is 30.3 Å². The number of aliphatic hydroxyl groups is 1. The number of amides is 1. The van der Waals surface area contributed by atoms with E-state index in [1.165, 1.54) is 11.0 Å². The molecule has 10 heteroatoms. The van der Waals surface area contributed by atoms with E-state index >= 15 is 0 Å². The summed E-state index contributed by atoms with van der Waals surface area (Å²) in [4.78, 5) is 70.0. The van der Waals surface area contributed by atoms with Crippen molar-refractivity contribution in [1.82, 2.24) is 9.80 Å². The third-order valence-corrected chi connectivity index (χ3v) is 8.71. The summed E-state index contributed by atoms with van der Waals surface area (Å²) in [5.74, 6) is -10.5. The topological polar surface area (TPSA) is 158 Å². The number of phenolic OH excluding ortho intramolecular Hbond substituents is 1. The van der Waals surface area contributed by atoms with Crippen molar-refractivity contribution in [2.75, 3.05) is 28.2 Å². The van der Waals surface area contributed by atoms with Crippen molar-refractivity contribution in [3.63, 3.8) is 0 Å². The fourth-order valence-electron chi connectivity index (χ4n) is 7.03. The quantitative estimate of drug-likeness (QED) is 0.456. The third-order valence-electron chi connectivity index (χ3n) is 8.71. The Morgan fingerprint density at radius 1 is 1.00 bits per heavy atom. The molecule has 210 valence electrons. The largest absolute Gasteiger partial charge is 0.507 e. The lowest BCUT2D eigenvalue weighted by molar-refractivity contribution is -0.181. The van der Waals surface area contributed by atoms with Crippen molar-refractivity contribution in [1.29, 1.82) is 0 Å². The maximum Gasteiger partial charge on any atom is 0.235 e. The predicted octanol–water partition coefficient (Wildman–Crippen LogP) is 0.596. The van der Waals surface area contributed by atoms with E-state index in [9.17, 15) is 34.2 Å². The first kappa shape index (κ1) is 27.8. The van der Waals surface area contributed by atoms with E-state index < -0.39 is 64.4 Å². The van der Waals surface area contributed by atoms with Crippen LogP contribution >= 0.6 is 0 Å². The molecule has 0 bridgehead atoms. The molecule has 0 aliphatic heterocycles. The summed E-state index contributed by atoms with van der Waals surface area (Å²) in [5.41, 5.74) is 5.87. The Balaban J connectivity index is 1.60. The lowest BCUT2D eigenvalue weighted by Crippen LogP contribution is -2.74. The monoisotopic (exact) mass is 547 g/mol. The SMILES string of the molecule is CN(C)Cc1ccc(-c2ccc(O)c3c2C[C@H]2C[C@H]4[C@H](N(C)C)C(=O)C(C(N)=O)C(=O)[C@@]4(O)C(=O)C2C3=O)cc1. The number of hydrogen-bond donors (Lipinski definition) is 3. The number of aromatic hydroxyl groups is 1. The van der Waals surface area contributed by atoms with Crippen molar-refractivity contribution < 1.29 is 34.2 Å². The molecule has 2 aromatic rings. The normalized spacial score (nSPS) is 29.8. The molecule has 2 saturated carbocycles. The van der Waals surface area contributed by atoms with Crippen LogP contribution in [0.2, 0.25) is 0 Å².